The topological polar surface area (TPSA) is 48.0 Å². The number of rotatable bonds is 3. The highest BCUT2D eigenvalue weighted by molar-refractivity contribution is 5.94. The average molecular weight is 234 g/mol. The Hall–Kier alpha value is -1.25. The molecule has 1 aliphatic carbocycles. The summed E-state index contributed by atoms with van der Waals surface area (Å²) in [6.45, 7) is 5.10. The van der Waals surface area contributed by atoms with Crippen LogP contribution in [0.5, 0.6) is 0 Å². The van der Waals surface area contributed by atoms with Crippen LogP contribution in [0.1, 0.15) is 53.8 Å². The Morgan fingerprint density at radius 2 is 2.00 bits per heavy atom. The number of hydrogen-bond acceptors (Lipinski definition) is 1. The van der Waals surface area contributed by atoms with Crippen molar-refractivity contribution in [2.45, 2.75) is 52.5 Å². The van der Waals surface area contributed by atoms with Crippen molar-refractivity contribution in [3.63, 3.8) is 0 Å². The van der Waals surface area contributed by atoms with E-state index in [1.807, 2.05) is 13.0 Å². The number of nitrogens with zero attached hydrogens (tertiary/aromatic N) is 1. The van der Waals surface area contributed by atoms with Crippen LogP contribution in [0, 0.1) is 19.8 Å². The number of carbonyl (C=O) groups excluding carboxylic acids is 1. The molecule has 1 saturated carbocycles. The first kappa shape index (κ1) is 12.2. The molecule has 1 aromatic heterocycles. The van der Waals surface area contributed by atoms with Crippen molar-refractivity contribution in [2.24, 2.45) is 11.7 Å². The molecule has 17 heavy (non-hydrogen) atoms. The van der Waals surface area contributed by atoms with E-state index in [1.54, 1.807) is 0 Å². The molecule has 0 bridgehead atoms. The lowest BCUT2D eigenvalue weighted by Crippen LogP contribution is -2.17. The van der Waals surface area contributed by atoms with E-state index in [0.717, 1.165) is 23.9 Å². The number of primary amides is 1. The molecule has 0 atom stereocenters. The number of aromatic nitrogens is 1. The first-order chi connectivity index (χ1) is 8.09. The van der Waals surface area contributed by atoms with Crippen LogP contribution >= 0.6 is 0 Å². The summed E-state index contributed by atoms with van der Waals surface area (Å²) in [5.41, 5.74) is 8.24. The maximum Gasteiger partial charge on any atom is 0.250 e. The first-order valence-corrected chi connectivity index (χ1v) is 6.56. The van der Waals surface area contributed by atoms with E-state index in [1.165, 1.54) is 32.1 Å². The summed E-state index contributed by atoms with van der Waals surface area (Å²) >= 11 is 0. The van der Waals surface area contributed by atoms with E-state index in [0.29, 0.717) is 5.56 Å². The standard InChI is InChI=1S/C14H22N2O/c1-10-8-13(14(15)17)11(2)16(10)9-12-6-4-3-5-7-12/h8,12H,3-7,9H2,1-2H3,(H2,15,17). The minimum absolute atomic E-state index is 0.312. The molecule has 1 fully saturated rings. The Morgan fingerprint density at radius 1 is 1.35 bits per heavy atom. The zero-order chi connectivity index (χ0) is 12.4. The van der Waals surface area contributed by atoms with Crippen LogP contribution in [-0.4, -0.2) is 10.5 Å². The van der Waals surface area contributed by atoms with Crippen LogP contribution in [0.2, 0.25) is 0 Å². The van der Waals surface area contributed by atoms with Gasteiger partial charge in [-0.1, -0.05) is 19.3 Å². The van der Waals surface area contributed by atoms with Crippen molar-refractivity contribution < 1.29 is 4.79 Å². The van der Waals surface area contributed by atoms with E-state index in [9.17, 15) is 4.79 Å². The quantitative estimate of drug-likeness (QED) is 0.859. The molecule has 3 heteroatoms. The number of amides is 1. The van der Waals surface area contributed by atoms with E-state index in [2.05, 4.69) is 11.5 Å². The Morgan fingerprint density at radius 3 is 2.53 bits per heavy atom. The van der Waals surface area contributed by atoms with Gasteiger partial charge in [-0.15, -0.1) is 0 Å². The van der Waals surface area contributed by atoms with Crippen LogP contribution in [0.4, 0.5) is 0 Å². The molecular weight excluding hydrogens is 212 g/mol. The first-order valence-electron chi connectivity index (χ1n) is 6.56. The molecule has 94 valence electrons. The Kier molecular flexibility index (Phi) is 3.55. The fourth-order valence-corrected chi connectivity index (χ4v) is 2.96. The molecule has 3 nitrogen and oxygen atoms in total. The van der Waals surface area contributed by atoms with Gasteiger partial charge in [-0.25, -0.2) is 0 Å². The third-order valence-corrected chi connectivity index (χ3v) is 4.00. The van der Waals surface area contributed by atoms with Crippen molar-refractivity contribution in [1.82, 2.24) is 4.57 Å². The van der Waals surface area contributed by atoms with Gasteiger partial charge in [0, 0.05) is 17.9 Å². The Balaban J connectivity index is 2.17. The van der Waals surface area contributed by atoms with Gasteiger partial charge in [0.15, 0.2) is 0 Å². The van der Waals surface area contributed by atoms with Crippen molar-refractivity contribution in [3.05, 3.63) is 23.0 Å². The van der Waals surface area contributed by atoms with E-state index < -0.39 is 0 Å². The highest BCUT2D eigenvalue weighted by Gasteiger charge is 2.18. The molecule has 1 amide bonds. The predicted molar refractivity (Wildman–Crippen MR) is 69.0 cm³/mol. The van der Waals surface area contributed by atoms with Gasteiger partial charge in [0.2, 0.25) is 0 Å². The molecule has 1 heterocycles. The van der Waals surface area contributed by atoms with Crippen LogP contribution < -0.4 is 5.73 Å². The lowest BCUT2D eigenvalue weighted by molar-refractivity contribution is 0.0999. The Bertz CT molecular complexity index is 414. The largest absolute Gasteiger partial charge is 0.366 e. The maximum atomic E-state index is 11.3. The highest BCUT2D eigenvalue weighted by atomic mass is 16.1. The molecule has 2 rings (SSSR count). The summed E-state index contributed by atoms with van der Waals surface area (Å²) in [4.78, 5) is 11.3. The summed E-state index contributed by atoms with van der Waals surface area (Å²) in [7, 11) is 0. The molecule has 2 N–H and O–H groups in total. The molecule has 1 aromatic rings. The molecule has 0 aromatic carbocycles. The summed E-state index contributed by atoms with van der Waals surface area (Å²) in [6, 6.07) is 1.92. The highest BCUT2D eigenvalue weighted by Crippen LogP contribution is 2.27. The third-order valence-electron chi connectivity index (χ3n) is 4.00. The smallest absolute Gasteiger partial charge is 0.250 e. The van der Waals surface area contributed by atoms with Gasteiger partial charge in [-0.3, -0.25) is 4.79 Å². The van der Waals surface area contributed by atoms with Gasteiger partial charge in [-0.2, -0.15) is 0 Å². The molecule has 0 saturated heterocycles. The summed E-state index contributed by atoms with van der Waals surface area (Å²) in [5, 5.41) is 0. The monoisotopic (exact) mass is 234 g/mol. The Labute approximate surface area is 103 Å². The predicted octanol–water partition coefficient (Wildman–Crippen LogP) is 2.78. The van der Waals surface area contributed by atoms with Gasteiger partial charge in [0.1, 0.15) is 0 Å². The lowest BCUT2D eigenvalue weighted by Gasteiger charge is -2.23. The number of nitrogens with two attached hydrogens (primary N) is 1. The molecular formula is C14H22N2O. The second-order valence-corrected chi connectivity index (χ2v) is 5.26. The summed E-state index contributed by atoms with van der Waals surface area (Å²) < 4.78 is 2.26. The second-order valence-electron chi connectivity index (χ2n) is 5.26. The summed E-state index contributed by atoms with van der Waals surface area (Å²) in [6.07, 6.45) is 6.73. The van der Waals surface area contributed by atoms with Crippen molar-refractivity contribution in [1.29, 1.82) is 0 Å². The van der Waals surface area contributed by atoms with Crippen LogP contribution in [0.3, 0.4) is 0 Å². The van der Waals surface area contributed by atoms with Crippen molar-refractivity contribution in [3.8, 4) is 0 Å². The average Bonchev–Trinajstić information content (AvgIpc) is 2.58. The third kappa shape index (κ3) is 2.54. The van der Waals surface area contributed by atoms with Gasteiger partial charge >= 0.3 is 0 Å². The molecule has 0 radical (unpaired) electrons. The van der Waals surface area contributed by atoms with Crippen LogP contribution in [-0.2, 0) is 6.54 Å². The van der Waals surface area contributed by atoms with Crippen molar-refractivity contribution >= 4 is 5.91 Å². The van der Waals surface area contributed by atoms with Crippen LogP contribution in [0.15, 0.2) is 6.07 Å². The zero-order valence-electron chi connectivity index (χ0n) is 10.8. The van der Waals surface area contributed by atoms with E-state index in [-0.39, 0.29) is 5.91 Å². The van der Waals surface area contributed by atoms with Gasteiger partial charge in [0.25, 0.3) is 5.91 Å². The SMILES string of the molecule is Cc1cc(C(N)=O)c(C)n1CC1CCCCC1. The lowest BCUT2D eigenvalue weighted by atomic mass is 9.89. The van der Waals surface area contributed by atoms with Crippen molar-refractivity contribution in [2.75, 3.05) is 0 Å². The van der Waals surface area contributed by atoms with Gasteiger partial charge in [-0.05, 0) is 38.7 Å². The van der Waals surface area contributed by atoms with E-state index in [4.69, 9.17) is 5.73 Å². The fraction of sp³-hybridized carbons (Fsp3) is 0.643. The second kappa shape index (κ2) is 4.94. The number of hydrogen-bond donors (Lipinski definition) is 1. The minimum Gasteiger partial charge on any atom is -0.366 e. The van der Waals surface area contributed by atoms with Crippen LogP contribution in [0.25, 0.3) is 0 Å². The number of aryl methyl sites for hydroxylation is 1. The normalized spacial score (nSPS) is 17.3. The number of carbonyl (C=O) groups is 1. The zero-order valence-corrected chi connectivity index (χ0v) is 10.8. The molecule has 0 unspecified atom stereocenters. The molecule has 0 spiro atoms. The fourth-order valence-electron chi connectivity index (χ4n) is 2.96. The minimum atomic E-state index is -0.312. The summed E-state index contributed by atoms with van der Waals surface area (Å²) in [5.74, 6) is 0.460. The van der Waals surface area contributed by atoms with Gasteiger partial charge in [0.05, 0.1) is 5.56 Å². The maximum absolute atomic E-state index is 11.3. The molecule has 0 aliphatic heterocycles. The van der Waals surface area contributed by atoms with E-state index >= 15 is 0 Å². The molecule has 1 aliphatic rings. The van der Waals surface area contributed by atoms with Gasteiger partial charge < -0.3 is 10.3 Å².